The number of anilines is 2. The number of hydrogen-bond donors (Lipinski definition) is 1. The third kappa shape index (κ3) is 11.6. The molecular weight excluding hydrogens is 869 g/mol. The molecule has 4 amide bonds. The molecule has 352 valence electrons. The van der Waals surface area contributed by atoms with Gasteiger partial charge in [0, 0.05) is 54.8 Å². The molecule has 2 unspecified atom stereocenters. The van der Waals surface area contributed by atoms with Gasteiger partial charge in [-0.1, -0.05) is 66.2 Å². The van der Waals surface area contributed by atoms with E-state index < -0.39 is 29.4 Å². The molecule has 2 aliphatic heterocycles. The van der Waals surface area contributed by atoms with Crippen molar-refractivity contribution in [2.24, 2.45) is 10.2 Å². The Kier molecular flexibility index (Phi) is 13.8. The van der Waals surface area contributed by atoms with E-state index in [-0.39, 0.29) is 17.9 Å². The molecule has 0 radical (unpaired) electrons. The topological polar surface area (TPSA) is 159 Å². The molecule has 2 aliphatic rings. The van der Waals surface area contributed by atoms with Crippen LogP contribution in [0.25, 0.3) is 0 Å². The van der Waals surface area contributed by atoms with Crippen LogP contribution in [-0.4, -0.2) is 73.7 Å². The number of rotatable bonds is 12. The van der Waals surface area contributed by atoms with Gasteiger partial charge in [-0.05, 0) is 144 Å². The fraction of sp³-hybridized carbons (Fsp3) is 0.273. The molecule has 8 rings (SSSR count). The highest BCUT2D eigenvalue weighted by Gasteiger charge is 2.36. The molecule has 6 aromatic rings. The van der Waals surface area contributed by atoms with Crippen molar-refractivity contribution in [3.63, 3.8) is 0 Å². The Morgan fingerprint density at radius 2 is 1.13 bits per heavy atom. The fourth-order valence-corrected chi connectivity index (χ4v) is 8.08. The predicted molar refractivity (Wildman–Crippen MR) is 266 cm³/mol. The summed E-state index contributed by atoms with van der Waals surface area (Å²) in [7, 11) is 1.67. The van der Waals surface area contributed by atoms with E-state index in [1.165, 1.54) is 14.9 Å². The largest absolute Gasteiger partial charge is 0.444 e. The Morgan fingerprint density at radius 3 is 1.61 bits per heavy atom. The van der Waals surface area contributed by atoms with E-state index >= 15 is 0 Å². The highest BCUT2D eigenvalue weighted by Crippen LogP contribution is 2.35. The molecule has 14 nitrogen and oxygen atoms in total. The normalized spacial score (nSPS) is 15.8. The first-order valence-corrected chi connectivity index (χ1v) is 23.0. The van der Waals surface area contributed by atoms with E-state index in [0.717, 1.165) is 39.4 Å². The van der Waals surface area contributed by atoms with Gasteiger partial charge in [0.15, 0.2) is 0 Å². The summed E-state index contributed by atoms with van der Waals surface area (Å²) in [5.74, 6) is -0.467. The molecule has 1 N–H and O–H groups in total. The Labute approximate surface area is 402 Å². The Bertz CT molecular complexity index is 2860. The molecule has 0 bridgehead atoms. The highest BCUT2D eigenvalue weighted by atomic mass is 16.6. The number of amides is 4. The zero-order valence-electron chi connectivity index (χ0n) is 39.9. The van der Waals surface area contributed by atoms with Crippen molar-refractivity contribution in [2.45, 2.75) is 90.5 Å². The number of hydrazone groups is 2. The lowest BCUT2D eigenvalue weighted by molar-refractivity contribution is 0.0384. The van der Waals surface area contributed by atoms with Crippen molar-refractivity contribution in [1.29, 1.82) is 0 Å². The number of aromatic nitrogens is 2. The first-order chi connectivity index (χ1) is 33.0. The second-order valence-corrected chi connectivity index (χ2v) is 18.8. The second kappa shape index (κ2) is 20.1. The summed E-state index contributed by atoms with van der Waals surface area (Å²) in [5, 5.41) is 15.4. The summed E-state index contributed by atoms with van der Waals surface area (Å²) >= 11 is 0. The Hall–Kier alpha value is -8.00. The third-order valence-corrected chi connectivity index (χ3v) is 11.9. The number of aryl methyl sites for hydroxylation is 2. The van der Waals surface area contributed by atoms with Crippen molar-refractivity contribution in [2.75, 3.05) is 17.3 Å². The SMILES string of the molecule is Cc1ccc(C(=O)N2N=C(c3ccc(N(C)C(=O)OC(C)(C)CCc4ccc(C(=O)N5N=C(c6ccc(NC(=O)OC(C)(C)C)cc6)CC5c5ccccn5)cc4)cc3)CC2c2ccccn2)cc1. The van der Waals surface area contributed by atoms with E-state index in [0.29, 0.717) is 53.9 Å². The molecule has 2 aromatic heterocycles. The van der Waals surface area contributed by atoms with Gasteiger partial charge in [-0.3, -0.25) is 29.8 Å². The summed E-state index contributed by atoms with van der Waals surface area (Å²) in [5.41, 5.74) is 7.41. The summed E-state index contributed by atoms with van der Waals surface area (Å²) < 4.78 is 11.4. The number of hydrogen-bond acceptors (Lipinski definition) is 10. The number of benzene rings is 4. The minimum Gasteiger partial charge on any atom is -0.444 e. The van der Waals surface area contributed by atoms with Crippen LogP contribution in [0, 0.1) is 6.92 Å². The maximum atomic E-state index is 14.1. The van der Waals surface area contributed by atoms with Crippen LogP contribution >= 0.6 is 0 Å². The van der Waals surface area contributed by atoms with Crippen molar-refractivity contribution < 1.29 is 28.7 Å². The van der Waals surface area contributed by atoms with Gasteiger partial charge in [0.1, 0.15) is 23.3 Å². The molecule has 2 atom stereocenters. The van der Waals surface area contributed by atoms with Gasteiger partial charge in [0.25, 0.3) is 11.8 Å². The lowest BCUT2D eigenvalue weighted by Gasteiger charge is -2.28. The molecule has 0 saturated heterocycles. The van der Waals surface area contributed by atoms with Crippen molar-refractivity contribution in [3.05, 3.63) is 191 Å². The standard InChI is InChI=1S/C55H56N8O6/c1-36-14-18-40(19-15-36)50(64)62-49(45-13-9-11-33-57-45)35-47(60-62)39-24-28-43(29-25-39)61(7)53(67)69-55(5,6)31-30-37-16-20-41(21-17-37)51(65)63-48(44-12-8-10-32-56-44)34-46(59-63)38-22-26-42(27-23-38)58-52(66)68-54(2,3)4/h8-29,32-33,48-49H,30-31,34-35H2,1-7H3,(H,58,66). The van der Waals surface area contributed by atoms with Gasteiger partial charge < -0.3 is 9.47 Å². The van der Waals surface area contributed by atoms with E-state index in [1.54, 1.807) is 64.5 Å². The van der Waals surface area contributed by atoms with Crippen LogP contribution in [-0.2, 0) is 15.9 Å². The molecule has 0 fully saturated rings. The zero-order chi connectivity index (χ0) is 48.9. The van der Waals surface area contributed by atoms with Crippen molar-refractivity contribution in [3.8, 4) is 0 Å². The van der Waals surface area contributed by atoms with E-state index in [4.69, 9.17) is 19.7 Å². The van der Waals surface area contributed by atoms with Crippen LogP contribution in [0.15, 0.2) is 156 Å². The van der Waals surface area contributed by atoms with Crippen molar-refractivity contribution in [1.82, 2.24) is 20.0 Å². The van der Waals surface area contributed by atoms with Crippen LogP contribution in [0.3, 0.4) is 0 Å². The van der Waals surface area contributed by atoms with E-state index in [1.807, 2.05) is 130 Å². The van der Waals surface area contributed by atoms with Gasteiger partial charge in [0.2, 0.25) is 0 Å². The minimum absolute atomic E-state index is 0.204. The monoisotopic (exact) mass is 924 g/mol. The quantitative estimate of drug-likeness (QED) is 0.127. The van der Waals surface area contributed by atoms with Crippen LogP contribution < -0.4 is 10.2 Å². The lowest BCUT2D eigenvalue weighted by atomic mass is 9.97. The Morgan fingerprint density at radius 1 is 0.638 bits per heavy atom. The molecule has 4 heterocycles. The smallest absolute Gasteiger partial charge is 0.414 e. The van der Waals surface area contributed by atoms with E-state index in [2.05, 4.69) is 15.3 Å². The summed E-state index contributed by atoms with van der Waals surface area (Å²) in [6.45, 7) is 11.2. The fourth-order valence-electron chi connectivity index (χ4n) is 8.08. The average Bonchev–Trinajstić information content (AvgIpc) is 4.00. The molecule has 14 heteroatoms. The second-order valence-electron chi connectivity index (χ2n) is 18.8. The van der Waals surface area contributed by atoms with Crippen LogP contribution in [0.5, 0.6) is 0 Å². The van der Waals surface area contributed by atoms with Gasteiger partial charge in [-0.25, -0.2) is 19.6 Å². The van der Waals surface area contributed by atoms with Gasteiger partial charge >= 0.3 is 12.2 Å². The summed E-state index contributed by atoms with van der Waals surface area (Å²) in [4.78, 5) is 64.2. The molecule has 0 spiro atoms. The number of carbonyl (C=O) groups is 4. The van der Waals surface area contributed by atoms with Crippen LogP contribution in [0.4, 0.5) is 21.0 Å². The number of pyridine rings is 2. The zero-order valence-corrected chi connectivity index (χ0v) is 39.9. The van der Waals surface area contributed by atoms with E-state index in [9.17, 15) is 19.2 Å². The number of nitrogens with zero attached hydrogens (tertiary/aromatic N) is 7. The summed E-state index contributed by atoms with van der Waals surface area (Å²) in [6.07, 6.45) is 4.43. The van der Waals surface area contributed by atoms with Crippen molar-refractivity contribution >= 4 is 46.8 Å². The molecule has 0 saturated carbocycles. The van der Waals surface area contributed by atoms with Gasteiger partial charge in [0.05, 0.1) is 22.8 Å². The van der Waals surface area contributed by atoms with Crippen LogP contribution in [0.2, 0.25) is 0 Å². The maximum Gasteiger partial charge on any atom is 0.414 e. The Balaban J connectivity index is 0.880. The highest BCUT2D eigenvalue weighted by molar-refractivity contribution is 6.06. The lowest BCUT2D eigenvalue weighted by Crippen LogP contribution is -2.36. The average molecular weight is 925 g/mol. The van der Waals surface area contributed by atoms with Gasteiger partial charge in [-0.15, -0.1) is 0 Å². The minimum atomic E-state index is -0.813. The number of carbonyl (C=O) groups excluding carboxylic acids is 4. The summed E-state index contributed by atoms with van der Waals surface area (Å²) in [6, 6.07) is 40.1. The first kappa shape index (κ1) is 47.5. The molecule has 69 heavy (non-hydrogen) atoms. The number of ether oxygens (including phenoxy) is 2. The molecule has 4 aromatic carbocycles. The number of nitrogens with one attached hydrogen (secondary N) is 1. The molecule has 0 aliphatic carbocycles. The predicted octanol–water partition coefficient (Wildman–Crippen LogP) is 11.1. The van der Waals surface area contributed by atoms with Crippen LogP contribution in [0.1, 0.15) is 120 Å². The van der Waals surface area contributed by atoms with Gasteiger partial charge in [-0.2, -0.15) is 10.2 Å². The maximum absolute atomic E-state index is 14.1. The first-order valence-electron chi connectivity index (χ1n) is 23.0. The third-order valence-electron chi connectivity index (χ3n) is 11.9. The molecular formula is C55H56N8O6.